The fourth-order valence-corrected chi connectivity index (χ4v) is 12.9. The molecule has 6 rings (SSSR count). The van der Waals surface area contributed by atoms with E-state index in [2.05, 4.69) is 33.5 Å². The Bertz CT molecular complexity index is 2670. The van der Waals surface area contributed by atoms with Crippen molar-refractivity contribution in [2.45, 2.75) is 95.6 Å². The second-order valence-electron chi connectivity index (χ2n) is 17.9. The SMILES string of the molecule is C=C[C@@H]1C[C@]1(C(=C)NC(=O)[C@@H]1CC(Oc2cc(-c3csc(NC(C)C)n3)[nH+]c3cc(OC)ccc23)CN1C(=O)[C@@H](NS(=O)(=O)CCC(F)(F)F)C(C)(C)C)P(=O)(O)Cc1c(F)cccc1F. The minimum atomic E-state index is -4.82. The number of nitrogens with one attached hydrogen (secondary N) is 4. The number of methoxy groups -OCH3 is 1. The number of benzene rings is 2. The first kappa shape index (κ1) is 50.5. The number of fused-ring (bicyclic) bond motifs is 1. The van der Waals surface area contributed by atoms with E-state index >= 15 is 0 Å². The monoisotopic (exact) mass is 983 g/mol. The lowest BCUT2D eigenvalue weighted by Crippen LogP contribution is -2.58. The quantitative estimate of drug-likeness (QED) is 0.0440. The van der Waals surface area contributed by atoms with Crippen LogP contribution in [0, 0.1) is 23.0 Å². The van der Waals surface area contributed by atoms with Gasteiger partial charge in [-0.25, -0.2) is 31.9 Å². The predicted octanol–water partition coefficient (Wildman–Crippen LogP) is 7.56. The van der Waals surface area contributed by atoms with Crippen molar-refractivity contribution in [3.63, 3.8) is 0 Å². The zero-order chi connectivity index (χ0) is 48.7. The smallest absolute Gasteiger partial charge is 0.390 e. The van der Waals surface area contributed by atoms with Crippen molar-refractivity contribution in [3.8, 4) is 22.9 Å². The topological polar surface area (TPSA) is 190 Å². The molecule has 5 N–H and O–H groups in total. The first-order valence-electron chi connectivity index (χ1n) is 20.9. The second-order valence-corrected chi connectivity index (χ2v) is 23.1. The molecule has 3 heterocycles. The average molecular weight is 984 g/mol. The Morgan fingerprint density at radius 1 is 1.15 bits per heavy atom. The summed E-state index contributed by atoms with van der Waals surface area (Å²) in [6.45, 7) is 15.7. The number of thiazole rings is 1. The van der Waals surface area contributed by atoms with Gasteiger partial charge < -0.3 is 29.9 Å². The summed E-state index contributed by atoms with van der Waals surface area (Å²) in [4.78, 5) is 50.0. The third-order valence-electron chi connectivity index (χ3n) is 11.6. The minimum absolute atomic E-state index is 0.0659. The average Bonchev–Trinajstić information content (AvgIpc) is 3.59. The van der Waals surface area contributed by atoms with Crippen LogP contribution in [0.4, 0.5) is 27.1 Å². The van der Waals surface area contributed by atoms with Gasteiger partial charge in [0.25, 0.3) is 0 Å². The maximum absolute atomic E-state index is 14.8. The van der Waals surface area contributed by atoms with Crippen molar-refractivity contribution < 1.29 is 63.9 Å². The Kier molecular flexibility index (Phi) is 14.5. The first-order chi connectivity index (χ1) is 30.7. The van der Waals surface area contributed by atoms with Gasteiger partial charge in [-0.05, 0) is 55.9 Å². The molecule has 358 valence electrons. The summed E-state index contributed by atoms with van der Waals surface area (Å²) in [5, 5.41) is 7.10. The molecule has 4 aromatic rings. The molecular weight excluding hydrogens is 931 g/mol. The highest BCUT2D eigenvalue weighted by atomic mass is 32.2. The molecule has 0 radical (unpaired) electrons. The highest BCUT2D eigenvalue weighted by Crippen LogP contribution is 2.75. The van der Waals surface area contributed by atoms with E-state index in [-0.39, 0.29) is 31.1 Å². The third-order valence-corrected chi connectivity index (χ3v) is 16.4. The second kappa shape index (κ2) is 19.0. The number of alkyl halides is 3. The maximum atomic E-state index is 14.8. The van der Waals surface area contributed by atoms with Crippen molar-refractivity contribution >= 4 is 56.6 Å². The number of hydrogen-bond donors (Lipinski definition) is 4. The van der Waals surface area contributed by atoms with Crippen molar-refractivity contribution in [1.29, 1.82) is 0 Å². The number of likely N-dealkylation sites (tertiary alicyclic amines) is 1. The van der Waals surface area contributed by atoms with Crippen LogP contribution in [0.25, 0.3) is 22.3 Å². The fourth-order valence-electron chi connectivity index (χ4n) is 8.00. The number of hydrogen-bond acceptors (Lipinski definition) is 10. The van der Waals surface area contributed by atoms with Gasteiger partial charge in [-0.2, -0.15) is 13.2 Å². The Morgan fingerprint density at radius 3 is 2.42 bits per heavy atom. The summed E-state index contributed by atoms with van der Waals surface area (Å²) in [5.74, 6) is -5.30. The molecule has 14 nitrogen and oxygen atoms in total. The summed E-state index contributed by atoms with van der Waals surface area (Å²) in [6, 6.07) is 6.80. The molecule has 1 saturated heterocycles. The van der Waals surface area contributed by atoms with E-state index < -0.39 is 106 Å². The Balaban J connectivity index is 1.37. The van der Waals surface area contributed by atoms with Crippen LogP contribution in [0.3, 0.4) is 0 Å². The maximum Gasteiger partial charge on any atom is 0.390 e. The van der Waals surface area contributed by atoms with Gasteiger partial charge in [-0.15, -0.1) is 17.9 Å². The number of amides is 2. The van der Waals surface area contributed by atoms with Crippen LogP contribution in [0.15, 0.2) is 72.8 Å². The fraction of sp³-hybridized carbons (Fsp3) is 0.455. The normalized spacial score (nSPS) is 21.3. The number of aromatic amines is 1. The first-order valence-corrected chi connectivity index (χ1v) is 25.2. The number of allylic oxidation sites excluding steroid dienone is 2. The van der Waals surface area contributed by atoms with Gasteiger partial charge in [0, 0.05) is 29.1 Å². The van der Waals surface area contributed by atoms with E-state index in [1.807, 2.05) is 19.2 Å². The zero-order valence-corrected chi connectivity index (χ0v) is 39.6. The number of ether oxygens (including phenoxy) is 2. The Labute approximate surface area is 383 Å². The molecule has 2 aromatic heterocycles. The largest absolute Gasteiger partial charge is 0.497 e. The van der Waals surface area contributed by atoms with Gasteiger partial charge in [-0.3, -0.25) is 14.2 Å². The van der Waals surface area contributed by atoms with Gasteiger partial charge in [0.05, 0.1) is 54.7 Å². The molecule has 6 atom stereocenters. The molecule has 2 aliphatic rings. The summed E-state index contributed by atoms with van der Waals surface area (Å²) in [7, 11) is -7.89. The molecule has 2 unspecified atom stereocenters. The van der Waals surface area contributed by atoms with Crippen LogP contribution in [-0.4, -0.2) is 90.0 Å². The van der Waals surface area contributed by atoms with E-state index in [9.17, 15) is 49.4 Å². The van der Waals surface area contributed by atoms with Crippen LogP contribution < -0.4 is 29.8 Å². The number of anilines is 1. The number of carbonyl (C=O) groups is 2. The molecule has 0 bridgehead atoms. The molecule has 1 aliphatic heterocycles. The molecule has 22 heteroatoms. The van der Waals surface area contributed by atoms with Crippen LogP contribution in [0.2, 0.25) is 0 Å². The molecule has 1 saturated carbocycles. The molecule has 1 aliphatic carbocycles. The summed E-state index contributed by atoms with van der Waals surface area (Å²) < 4.78 is 124. The number of carbonyl (C=O) groups excluding carboxylic acids is 2. The number of nitrogens with zero attached hydrogens (tertiary/aromatic N) is 2. The molecule has 66 heavy (non-hydrogen) atoms. The van der Waals surface area contributed by atoms with Crippen LogP contribution in [0.1, 0.15) is 59.4 Å². The van der Waals surface area contributed by atoms with Crippen LogP contribution in [0.5, 0.6) is 11.5 Å². The number of halogens is 5. The number of rotatable bonds is 18. The minimum Gasteiger partial charge on any atom is -0.497 e. The van der Waals surface area contributed by atoms with Gasteiger partial charge in [-0.1, -0.05) is 39.5 Å². The highest BCUT2D eigenvalue weighted by molar-refractivity contribution is 7.89. The molecule has 2 aromatic carbocycles. The van der Waals surface area contributed by atoms with Crippen molar-refractivity contribution in [1.82, 2.24) is 19.9 Å². The lowest BCUT2D eigenvalue weighted by atomic mass is 9.86. The lowest BCUT2D eigenvalue weighted by molar-refractivity contribution is -0.331. The van der Waals surface area contributed by atoms with Crippen LogP contribution >= 0.6 is 18.7 Å². The number of sulfonamides is 1. The van der Waals surface area contributed by atoms with E-state index in [0.29, 0.717) is 38.9 Å². The van der Waals surface area contributed by atoms with Crippen LogP contribution in [-0.2, 0) is 30.3 Å². The number of aromatic nitrogens is 2. The van der Waals surface area contributed by atoms with Crippen molar-refractivity contribution in [2.75, 3.05) is 24.7 Å². The summed E-state index contributed by atoms with van der Waals surface area (Å²) in [6.07, 6.45) is -7.36. The van der Waals surface area contributed by atoms with E-state index in [4.69, 9.17) is 14.5 Å². The lowest BCUT2D eigenvalue weighted by Gasteiger charge is -2.35. The molecule has 2 fully saturated rings. The summed E-state index contributed by atoms with van der Waals surface area (Å²) >= 11 is 1.38. The standard InChI is InChI=1S/C44H52F5N6O8PS2/c1-9-26-20-43(26,64(58,59)22-30-31(45)11-10-12-32(30)46)25(4)51-39(56)36-18-28(21-55(36)40(57)38(42(5,6)7)54-66(60,61)16-15-44(47,48)49)63-37-19-34(35-23-65-41(53-35)50-24(2)3)52-33-17-27(62-8)13-14-29(33)37/h9-14,17,19,23-24,26,28,36,38,54H,1,4,15-16,18,20-22H2,2-3,5-8H3,(H,50,53)(H,51,56)(H,58,59)/p+1/t26-,28?,36+,38-,43-/m1/s1. The van der Waals surface area contributed by atoms with E-state index in [1.54, 1.807) is 24.3 Å². The molecular formula is C44H53F5N6O8PS2+. The number of pyridine rings is 1. The zero-order valence-electron chi connectivity index (χ0n) is 37.1. The van der Waals surface area contributed by atoms with E-state index in [1.165, 1.54) is 45.3 Å². The molecule has 2 amide bonds. The van der Waals surface area contributed by atoms with Gasteiger partial charge in [0.15, 0.2) is 5.13 Å². The summed E-state index contributed by atoms with van der Waals surface area (Å²) in [5.41, 5.74) is -0.510. The number of H-pyrrole nitrogens is 1. The highest BCUT2D eigenvalue weighted by Gasteiger charge is 2.66. The Hall–Kier alpha value is -4.95. The van der Waals surface area contributed by atoms with E-state index in [0.717, 1.165) is 23.1 Å². The third kappa shape index (κ3) is 11.1. The van der Waals surface area contributed by atoms with Gasteiger partial charge in [0.2, 0.25) is 40.4 Å². The molecule has 0 spiro atoms. The van der Waals surface area contributed by atoms with Crippen molar-refractivity contribution in [3.05, 3.63) is 90.0 Å². The van der Waals surface area contributed by atoms with Gasteiger partial charge >= 0.3 is 6.18 Å². The predicted molar refractivity (Wildman–Crippen MR) is 240 cm³/mol. The Morgan fingerprint density at radius 2 is 1.83 bits per heavy atom. The van der Waals surface area contributed by atoms with Crippen molar-refractivity contribution in [2.24, 2.45) is 11.3 Å². The van der Waals surface area contributed by atoms with Gasteiger partial charge in [0.1, 0.15) is 47.0 Å².